The molecular formula is C26H30N2O7. The SMILES string of the molecule is COC(=O)CC[C@H](NC(=O)CCC(C)NC(=O)OCC1c2ccccc2-c2ccccc21)C(=O)O. The zero-order valence-corrected chi connectivity index (χ0v) is 19.8. The molecule has 9 heteroatoms. The van der Waals surface area contributed by atoms with Gasteiger partial charge in [0.05, 0.1) is 7.11 Å². The molecule has 0 saturated heterocycles. The minimum atomic E-state index is -1.23. The number of hydrogen-bond acceptors (Lipinski definition) is 6. The molecule has 186 valence electrons. The van der Waals surface area contributed by atoms with Crippen molar-refractivity contribution in [1.82, 2.24) is 10.6 Å². The van der Waals surface area contributed by atoms with E-state index in [2.05, 4.69) is 27.5 Å². The summed E-state index contributed by atoms with van der Waals surface area (Å²) in [6.45, 7) is 1.92. The van der Waals surface area contributed by atoms with E-state index in [1.54, 1.807) is 6.92 Å². The number of carbonyl (C=O) groups excluding carboxylic acids is 3. The molecule has 0 heterocycles. The van der Waals surface area contributed by atoms with Gasteiger partial charge in [0.25, 0.3) is 0 Å². The van der Waals surface area contributed by atoms with Crippen LogP contribution in [0.25, 0.3) is 11.1 Å². The van der Waals surface area contributed by atoms with Crippen molar-refractivity contribution in [3.63, 3.8) is 0 Å². The van der Waals surface area contributed by atoms with Crippen molar-refractivity contribution in [2.75, 3.05) is 13.7 Å². The van der Waals surface area contributed by atoms with Crippen LogP contribution in [0.1, 0.15) is 49.7 Å². The fourth-order valence-electron chi connectivity index (χ4n) is 4.15. The number of methoxy groups -OCH3 is 1. The number of amides is 2. The zero-order valence-electron chi connectivity index (χ0n) is 19.8. The Kier molecular flexibility index (Phi) is 8.83. The van der Waals surface area contributed by atoms with Gasteiger partial charge in [-0.25, -0.2) is 9.59 Å². The fraction of sp³-hybridized carbons (Fsp3) is 0.385. The molecule has 3 rings (SSSR count). The van der Waals surface area contributed by atoms with Crippen LogP contribution in [0, 0.1) is 0 Å². The van der Waals surface area contributed by atoms with Gasteiger partial charge in [-0.2, -0.15) is 0 Å². The predicted molar refractivity (Wildman–Crippen MR) is 128 cm³/mol. The van der Waals surface area contributed by atoms with Gasteiger partial charge in [0, 0.05) is 24.8 Å². The van der Waals surface area contributed by atoms with Crippen LogP contribution in [0.2, 0.25) is 0 Å². The standard InChI is InChI=1S/C26H30N2O7/c1-16(11-13-23(29)28-22(25(31)32)12-14-24(30)34-2)27-26(33)35-15-21-19-9-5-3-7-17(19)18-8-4-6-10-20(18)21/h3-10,16,21-22H,11-15H2,1-2H3,(H,27,33)(H,28,29)(H,31,32)/t16?,22-/m0/s1. The van der Waals surface area contributed by atoms with Crippen molar-refractivity contribution in [2.45, 2.75) is 50.6 Å². The number of carboxylic acid groups (broad SMARTS) is 1. The molecule has 2 aromatic rings. The van der Waals surface area contributed by atoms with Crippen molar-refractivity contribution in [1.29, 1.82) is 0 Å². The summed E-state index contributed by atoms with van der Waals surface area (Å²) < 4.78 is 10.00. The minimum absolute atomic E-state index is 0.00677. The van der Waals surface area contributed by atoms with E-state index in [4.69, 9.17) is 4.74 Å². The Morgan fingerprint density at radius 3 is 2.09 bits per heavy atom. The first-order valence-corrected chi connectivity index (χ1v) is 11.5. The largest absolute Gasteiger partial charge is 0.480 e. The Morgan fingerprint density at radius 2 is 1.51 bits per heavy atom. The third-order valence-electron chi connectivity index (χ3n) is 6.01. The first-order valence-electron chi connectivity index (χ1n) is 11.5. The van der Waals surface area contributed by atoms with Crippen molar-refractivity contribution in [3.8, 4) is 11.1 Å². The van der Waals surface area contributed by atoms with Gasteiger partial charge in [-0.1, -0.05) is 48.5 Å². The molecule has 0 spiro atoms. The number of nitrogens with one attached hydrogen (secondary N) is 2. The lowest BCUT2D eigenvalue weighted by molar-refractivity contribution is -0.144. The van der Waals surface area contributed by atoms with E-state index in [1.807, 2.05) is 36.4 Å². The van der Waals surface area contributed by atoms with Gasteiger partial charge in [-0.05, 0) is 42.0 Å². The number of hydrogen-bond donors (Lipinski definition) is 3. The average molecular weight is 483 g/mol. The van der Waals surface area contributed by atoms with E-state index in [1.165, 1.54) is 7.11 Å². The summed E-state index contributed by atoms with van der Waals surface area (Å²) in [6, 6.07) is 14.6. The molecule has 1 aliphatic carbocycles. The number of alkyl carbamates (subject to hydrolysis) is 1. The van der Waals surface area contributed by atoms with Crippen LogP contribution in [0.4, 0.5) is 4.79 Å². The fourth-order valence-corrected chi connectivity index (χ4v) is 4.15. The van der Waals surface area contributed by atoms with Gasteiger partial charge < -0.3 is 25.2 Å². The first kappa shape index (κ1) is 25.7. The van der Waals surface area contributed by atoms with E-state index >= 15 is 0 Å². The van der Waals surface area contributed by atoms with Crippen LogP contribution in [0.5, 0.6) is 0 Å². The molecule has 3 N–H and O–H groups in total. The highest BCUT2D eigenvalue weighted by molar-refractivity contribution is 5.84. The Balaban J connectivity index is 1.44. The van der Waals surface area contributed by atoms with E-state index in [9.17, 15) is 24.3 Å². The molecule has 35 heavy (non-hydrogen) atoms. The monoisotopic (exact) mass is 482 g/mol. The smallest absolute Gasteiger partial charge is 0.407 e. The van der Waals surface area contributed by atoms with Gasteiger partial charge in [-0.3, -0.25) is 9.59 Å². The van der Waals surface area contributed by atoms with Gasteiger partial charge in [-0.15, -0.1) is 0 Å². The Hall–Kier alpha value is -3.88. The molecule has 1 unspecified atom stereocenters. The maximum atomic E-state index is 12.4. The minimum Gasteiger partial charge on any atom is -0.480 e. The summed E-state index contributed by atoms with van der Waals surface area (Å²) in [5, 5.41) is 14.3. The van der Waals surface area contributed by atoms with Crippen LogP contribution >= 0.6 is 0 Å². The summed E-state index contributed by atoms with van der Waals surface area (Å²) in [7, 11) is 1.21. The third-order valence-corrected chi connectivity index (χ3v) is 6.01. The number of benzene rings is 2. The summed E-state index contributed by atoms with van der Waals surface area (Å²) >= 11 is 0. The highest BCUT2D eigenvalue weighted by atomic mass is 16.5. The normalized spacial score (nSPS) is 13.7. The van der Waals surface area contributed by atoms with Gasteiger partial charge in [0.1, 0.15) is 12.6 Å². The third kappa shape index (κ3) is 6.81. The number of carboxylic acids is 1. The van der Waals surface area contributed by atoms with Crippen molar-refractivity contribution in [3.05, 3.63) is 59.7 Å². The number of rotatable bonds is 11. The van der Waals surface area contributed by atoms with E-state index in [0.29, 0.717) is 6.42 Å². The lowest BCUT2D eigenvalue weighted by Gasteiger charge is -2.18. The lowest BCUT2D eigenvalue weighted by atomic mass is 9.98. The second-order valence-corrected chi connectivity index (χ2v) is 8.48. The van der Waals surface area contributed by atoms with E-state index in [0.717, 1.165) is 22.3 Å². The molecule has 0 radical (unpaired) electrons. The van der Waals surface area contributed by atoms with E-state index < -0.39 is 30.0 Å². The molecule has 0 bridgehead atoms. The molecule has 1 aliphatic rings. The molecule has 0 aromatic heterocycles. The highest BCUT2D eigenvalue weighted by Crippen LogP contribution is 2.44. The van der Waals surface area contributed by atoms with Gasteiger partial charge >= 0.3 is 18.0 Å². The molecule has 0 fully saturated rings. The van der Waals surface area contributed by atoms with Gasteiger partial charge in [0.2, 0.25) is 5.91 Å². The number of aliphatic carboxylic acids is 1. The van der Waals surface area contributed by atoms with Gasteiger partial charge in [0.15, 0.2) is 0 Å². The number of ether oxygens (including phenoxy) is 2. The lowest BCUT2D eigenvalue weighted by Crippen LogP contribution is -2.42. The zero-order chi connectivity index (χ0) is 25.4. The summed E-state index contributed by atoms with van der Waals surface area (Å²) in [5.41, 5.74) is 4.52. The quantitative estimate of drug-likeness (QED) is 0.419. The van der Waals surface area contributed by atoms with Crippen molar-refractivity contribution < 1.29 is 33.8 Å². The van der Waals surface area contributed by atoms with Crippen LogP contribution < -0.4 is 10.6 Å². The summed E-state index contributed by atoms with van der Waals surface area (Å²) in [5.74, 6) is -2.31. The molecule has 2 aromatic carbocycles. The molecule has 9 nitrogen and oxygen atoms in total. The number of carbonyl (C=O) groups is 4. The summed E-state index contributed by atoms with van der Waals surface area (Å²) in [4.78, 5) is 47.1. The molecular weight excluding hydrogens is 452 g/mol. The van der Waals surface area contributed by atoms with Crippen molar-refractivity contribution in [2.24, 2.45) is 0 Å². The van der Waals surface area contributed by atoms with Crippen LogP contribution in [0.3, 0.4) is 0 Å². The Bertz CT molecular complexity index is 1040. The molecule has 2 amide bonds. The highest BCUT2D eigenvalue weighted by Gasteiger charge is 2.29. The van der Waals surface area contributed by atoms with Crippen LogP contribution in [0.15, 0.2) is 48.5 Å². The molecule has 0 aliphatic heterocycles. The topological polar surface area (TPSA) is 131 Å². The second kappa shape index (κ2) is 12.0. The maximum Gasteiger partial charge on any atom is 0.407 e. The predicted octanol–water partition coefficient (Wildman–Crippen LogP) is 3.22. The maximum absolute atomic E-state index is 12.4. The van der Waals surface area contributed by atoms with Crippen LogP contribution in [-0.4, -0.2) is 54.8 Å². The molecule has 2 atom stereocenters. The number of esters is 1. The van der Waals surface area contributed by atoms with Crippen LogP contribution in [-0.2, 0) is 23.9 Å². The Labute approximate surface area is 203 Å². The average Bonchev–Trinajstić information content (AvgIpc) is 3.17. The first-order chi connectivity index (χ1) is 16.8. The van der Waals surface area contributed by atoms with E-state index in [-0.39, 0.29) is 37.8 Å². The summed E-state index contributed by atoms with van der Waals surface area (Å²) in [6.07, 6.45) is -0.470. The molecule has 0 saturated carbocycles. The Morgan fingerprint density at radius 1 is 0.914 bits per heavy atom. The second-order valence-electron chi connectivity index (χ2n) is 8.48. The van der Waals surface area contributed by atoms with Crippen molar-refractivity contribution >= 4 is 23.9 Å². The number of fused-ring (bicyclic) bond motifs is 3.